The van der Waals surface area contributed by atoms with Crippen LogP contribution in [0.25, 0.3) is 0 Å². The first kappa shape index (κ1) is 13.9. The number of halogens is 1. The summed E-state index contributed by atoms with van der Waals surface area (Å²) in [6.07, 6.45) is 4.75. The number of amides is 1. The zero-order valence-corrected chi connectivity index (χ0v) is 11.3. The van der Waals surface area contributed by atoms with Gasteiger partial charge >= 0.3 is 0 Å². The largest absolute Gasteiger partial charge is 0.371 e. The molecule has 2 aromatic heterocycles. The molecule has 6 heteroatoms. The Hall–Kier alpha value is -2.50. The minimum atomic E-state index is -0.657. The Morgan fingerprint density at radius 1 is 1.35 bits per heavy atom. The molecule has 0 aromatic carbocycles. The number of aryl methyl sites for hydroxylation is 1. The van der Waals surface area contributed by atoms with Crippen LogP contribution in [0.3, 0.4) is 0 Å². The third kappa shape index (κ3) is 2.90. The Labute approximate surface area is 116 Å². The summed E-state index contributed by atoms with van der Waals surface area (Å²) in [5, 5.41) is 5.27. The van der Waals surface area contributed by atoms with Crippen molar-refractivity contribution in [3.63, 3.8) is 0 Å². The number of hydrogen-bond acceptors (Lipinski definition) is 4. The van der Waals surface area contributed by atoms with E-state index in [1.54, 1.807) is 19.4 Å². The van der Waals surface area contributed by atoms with E-state index < -0.39 is 11.7 Å². The fraction of sp³-hybridized carbons (Fsp3) is 0.214. The van der Waals surface area contributed by atoms with Gasteiger partial charge in [-0.2, -0.15) is 0 Å². The SMILES string of the molecule is CNc1nccc(C(=O)NCc2cnccc2C)c1F. The van der Waals surface area contributed by atoms with Gasteiger partial charge in [-0.3, -0.25) is 9.78 Å². The summed E-state index contributed by atoms with van der Waals surface area (Å²) in [6.45, 7) is 2.23. The van der Waals surface area contributed by atoms with Gasteiger partial charge in [0.05, 0.1) is 5.56 Å². The number of carbonyl (C=O) groups is 1. The number of hydrogen-bond donors (Lipinski definition) is 2. The summed E-state index contributed by atoms with van der Waals surface area (Å²) in [5.74, 6) is -1.09. The molecule has 2 aromatic rings. The lowest BCUT2D eigenvalue weighted by Crippen LogP contribution is -2.24. The number of carbonyl (C=O) groups excluding carboxylic acids is 1. The molecule has 20 heavy (non-hydrogen) atoms. The van der Waals surface area contributed by atoms with E-state index in [2.05, 4.69) is 20.6 Å². The van der Waals surface area contributed by atoms with Crippen LogP contribution in [-0.4, -0.2) is 22.9 Å². The highest BCUT2D eigenvalue weighted by atomic mass is 19.1. The first-order chi connectivity index (χ1) is 9.63. The third-order valence-electron chi connectivity index (χ3n) is 2.96. The average molecular weight is 274 g/mol. The topological polar surface area (TPSA) is 66.9 Å². The summed E-state index contributed by atoms with van der Waals surface area (Å²) >= 11 is 0. The molecule has 0 aliphatic heterocycles. The van der Waals surface area contributed by atoms with Crippen molar-refractivity contribution < 1.29 is 9.18 Å². The van der Waals surface area contributed by atoms with Gasteiger partial charge in [-0.05, 0) is 30.2 Å². The van der Waals surface area contributed by atoms with Crippen molar-refractivity contribution in [2.45, 2.75) is 13.5 Å². The Bertz CT molecular complexity index is 630. The van der Waals surface area contributed by atoms with Gasteiger partial charge in [0.25, 0.3) is 5.91 Å². The van der Waals surface area contributed by atoms with Crippen LogP contribution < -0.4 is 10.6 Å². The van der Waals surface area contributed by atoms with Crippen LogP contribution in [0.5, 0.6) is 0 Å². The lowest BCUT2D eigenvalue weighted by atomic mass is 10.1. The maximum absolute atomic E-state index is 13.9. The van der Waals surface area contributed by atoms with Gasteiger partial charge in [0, 0.05) is 32.2 Å². The Morgan fingerprint density at radius 2 is 2.15 bits per heavy atom. The molecule has 0 aliphatic carbocycles. The fourth-order valence-corrected chi connectivity index (χ4v) is 1.75. The average Bonchev–Trinajstić information content (AvgIpc) is 2.46. The summed E-state index contributed by atoms with van der Waals surface area (Å²) in [4.78, 5) is 19.8. The van der Waals surface area contributed by atoms with Gasteiger partial charge in [0.15, 0.2) is 11.6 Å². The van der Waals surface area contributed by atoms with Crippen molar-refractivity contribution in [2.24, 2.45) is 0 Å². The second-order valence-corrected chi connectivity index (χ2v) is 4.26. The standard InChI is InChI=1S/C14H15FN4O/c1-9-3-5-17-7-10(9)8-19-14(20)11-4-6-18-13(16-2)12(11)15/h3-7H,8H2,1-2H3,(H,16,18)(H,19,20). The van der Waals surface area contributed by atoms with Crippen molar-refractivity contribution in [3.8, 4) is 0 Å². The summed E-state index contributed by atoms with van der Waals surface area (Å²) < 4.78 is 13.9. The normalized spacial score (nSPS) is 10.2. The molecule has 0 fully saturated rings. The zero-order valence-electron chi connectivity index (χ0n) is 11.3. The summed E-state index contributed by atoms with van der Waals surface area (Å²) in [6, 6.07) is 3.20. The number of pyridine rings is 2. The van der Waals surface area contributed by atoms with E-state index in [1.807, 2.05) is 13.0 Å². The van der Waals surface area contributed by atoms with Gasteiger partial charge in [-0.1, -0.05) is 0 Å². The summed E-state index contributed by atoms with van der Waals surface area (Å²) in [7, 11) is 1.55. The first-order valence-electron chi connectivity index (χ1n) is 6.13. The molecular formula is C14H15FN4O. The molecule has 0 saturated heterocycles. The molecule has 2 N–H and O–H groups in total. The molecule has 0 spiro atoms. The number of aromatic nitrogens is 2. The third-order valence-corrected chi connectivity index (χ3v) is 2.96. The van der Waals surface area contributed by atoms with E-state index in [-0.39, 0.29) is 11.4 Å². The number of nitrogens with one attached hydrogen (secondary N) is 2. The summed E-state index contributed by atoms with van der Waals surface area (Å²) in [5.41, 5.74) is 1.88. The van der Waals surface area contributed by atoms with Gasteiger partial charge in [-0.25, -0.2) is 9.37 Å². The van der Waals surface area contributed by atoms with Gasteiger partial charge < -0.3 is 10.6 Å². The van der Waals surface area contributed by atoms with E-state index in [9.17, 15) is 9.18 Å². The van der Waals surface area contributed by atoms with Crippen LogP contribution in [0.15, 0.2) is 30.7 Å². The van der Waals surface area contributed by atoms with Crippen molar-refractivity contribution in [1.82, 2.24) is 15.3 Å². The quantitative estimate of drug-likeness (QED) is 0.893. The van der Waals surface area contributed by atoms with E-state index in [0.29, 0.717) is 6.54 Å². The molecular weight excluding hydrogens is 259 g/mol. The highest BCUT2D eigenvalue weighted by molar-refractivity contribution is 5.95. The van der Waals surface area contributed by atoms with E-state index in [0.717, 1.165) is 11.1 Å². The molecule has 5 nitrogen and oxygen atoms in total. The first-order valence-corrected chi connectivity index (χ1v) is 6.13. The van der Waals surface area contributed by atoms with Gasteiger partial charge in [0.2, 0.25) is 0 Å². The Morgan fingerprint density at radius 3 is 2.85 bits per heavy atom. The monoisotopic (exact) mass is 274 g/mol. The maximum Gasteiger partial charge on any atom is 0.254 e. The number of rotatable bonds is 4. The molecule has 0 radical (unpaired) electrons. The molecule has 0 saturated carbocycles. The predicted octanol–water partition coefficient (Wildman–Crippen LogP) is 1.90. The van der Waals surface area contributed by atoms with Crippen molar-refractivity contribution in [3.05, 3.63) is 53.2 Å². The van der Waals surface area contributed by atoms with Crippen molar-refractivity contribution in [1.29, 1.82) is 0 Å². The highest BCUT2D eigenvalue weighted by Gasteiger charge is 2.15. The van der Waals surface area contributed by atoms with Crippen LogP contribution in [0.2, 0.25) is 0 Å². The molecule has 2 heterocycles. The van der Waals surface area contributed by atoms with E-state index >= 15 is 0 Å². The van der Waals surface area contributed by atoms with Crippen molar-refractivity contribution >= 4 is 11.7 Å². The molecule has 0 atom stereocenters. The smallest absolute Gasteiger partial charge is 0.254 e. The van der Waals surface area contributed by atoms with Crippen LogP contribution in [0, 0.1) is 12.7 Å². The van der Waals surface area contributed by atoms with Crippen LogP contribution >= 0.6 is 0 Å². The van der Waals surface area contributed by atoms with Gasteiger partial charge in [0.1, 0.15) is 0 Å². The molecule has 0 aliphatic rings. The zero-order chi connectivity index (χ0) is 14.5. The molecule has 104 valence electrons. The predicted molar refractivity (Wildman–Crippen MR) is 73.9 cm³/mol. The molecule has 0 unspecified atom stereocenters. The minimum Gasteiger partial charge on any atom is -0.371 e. The minimum absolute atomic E-state index is 0.0362. The number of nitrogens with zero attached hydrogens (tertiary/aromatic N) is 2. The molecule has 2 rings (SSSR count). The lowest BCUT2D eigenvalue weighted by molar-refractivity contribution is 0.0946. The highest BCUT2D eigenvalue weighted by Crippen LogP contribution is 2.14. The lowest BCUT2D eigenvalue weighted by Gasteiger charge is -2.09. The van der Waals surface area contributed by atoms with Crippen molar-refractivity contribution in [2.75, 3.05) is 12.4 Å². The fourth-order valence-electron chi connectivity index (χ4n) is 1.75. The Kier molecular flexibility index (Phi) is 4.24. The van der Waals surface area contributed by atoms with E-state index in [4.69, 9.17) is 0 Å². The molecule has 0 bridgehead atoms. The van der Waals surface area contributed by atoms with Crippen LogP contribution in [-0.2, 0) is 6.54 Å². The Balaban J connectivity index is 2.12. The van der Waals surface area contributed by atoms with Crippen LogP contribution in [0.1, 0.15) is 21.5 Å². The van der Waals surface area contributed by atoms with Crippen LogP contribution in [0.4, 0.5) is 10.2 Å². The molecule has 1 amide bonds. The second kappa shape index (κ2) is 6.10. The number of anilines is 1. The van der Waals surface area contributed by atoms with Gasteiger partial charge in [-0.15, -0.1) is 0 Å². The second-order valence-electron chi connectivity index (χ2n) is 4.26. The van der Waals surface area contributed by atoms with E-state index in [1.165, 1.54) is 12.3 Å². The maximum atomic E-state index is 13.9.